The van der Waals surface area contributed by atoms with Crippen LogP contribution in [0.1, 0.15) is 68.1 Å². The zero-order chi connectivity index (χ0) is 16.8. The van der Waals surface area contributed by atoms with Gasteiger partial charge < -0.3 is 9.88 Å². The fourth-order valence-corrected chi connectivity index (χ4v) is 2.33. The van der Waals surface area contributed by atoms with Crippen molar-refractivity contribution < 1.29 is 4.79 Å². The number of carbonyl (C=O) groups is 1. The summed E-state index contributed by atoms with van der Waals surface area (Å²) in [7, 11) is 0. The second-order valence-electron chi connectivity index (χ2n) is 6.20. The standard InChI is InChI=1S/C17H25N5O/c1-12(2)15-18-8-6-14(21-15)17(23)20-7-5-10-22-11-9-19-16(22)13(3)4/h6,8-9,11-13H,5,7,10H2,1-4H3,(H,20,23). The molecule has 0 spiro atoms. The molecule has 0 fully saturated rings. The molecule has 23 heavy (non-hydrogen) atoms. The molecular formula is C17H25N5O. The molecule has 0 saturated carbocycles. The van der Waals surface area contributed by atoms with Crippen molar-refractivity contribution in [3.63, 3.8) is 0 Å². The summed E-state index contributed by atoms with van der Waals surface area (Å²) < 4.78 is 2.14. The Morgan fingerprint density at radius 1 is 1.17 bits per heavy atom. The Hall–Kier alpha value is -2.24. The van der Waals surface area contributed by atoms with Gasteiger partial charge in [0.1, 0.15) is 17.3 Å². The minimum atomic E-state index is -0.149. The molecule has 2 aromatic rings. The van der Waals surface area contributed by atoms with E-state index < -0.39 is 0 Å². The van der Waals surface area contributed by atoms with Gasteiger partial charge in [-0.15, -0.1) is 0 Å². The average molecular weight is 315 g/mol. The van der Waals surface area contributed by atoms with E-state index in [1.807, 2.05) is 26.2 Å². The number of imidazole rings is 1. The van der Waals surface area contributed by atoms with Gasteiger partial charge in [0.2, 0.25) is 0 Å². The number of hydrogen-bond acceptors (Lipinski definition) is 4. The predicted molar refractivity (Wildman–Crippen MR) is 89.4 cm³/mol. The Morgan fingerprint density at radius 3 is 2.65 bits per heavy atom. The number of nitrogens with one attached hydrogen (secondary N) is 1. The first kappa shape index (κ1) is 17.1. The molecule has 0 unspecified atom stereocenters. The second-order valence-corrected chi connectivity index (χ2v) is 6.20. The maximum Gasteiger partial charge on any atom is 0.270 e. The first-order valence-corrected chi connectivity index (χ1v) is 8.11. The normalized spacial score (nSPS) is 11.2. The van der Waals surface area contributed by atoms with Crippen LogP contribution in [-0.4, -0.2) is 32.0 Å². The number of rotatable bonds is 7. The molecule has 1 amide bonds. The Labute approximate surface area is 137 Å². The van der Waals surface area contributed by atoms with Gasteiger partial charge in [-0.1, -0.05) is 27.7 Å². The molecule has 2 rings (SSSR count). The minimum absolute atomic E-state index is 0.149. The van der Waals surface area contributed by atoms with Crippen LogP contribution in [0.2, 0.25) is 0 Å². The van der Waals surface area contributed by atoms with Crippen LogP contribution in [0.25, 0.3) is 0 Å². The average Bonchev–Trinajstić information content (AvgIpc) is 3.00. The summed E-state index contributed by atoms with van der Waals surface area (Å²) in [6.45, 7) is 9.72. The number of hydrogen-bond donors (Lipinski definition) is 1. The zero-order valence-electron chi connectivity index (χ0n) is 14.3. The molecule has 0 aromatic carbocycles. The third-order valence-corrected chi connectivity index (χ3v) is 3.55. The molecule has 0 atom stereocenters. The predicted octanol–water partition coefficient (Wildman–Crippen LogP) is 2.74. The highest BCUT2D eigenvalue weighted by Crippen LogP contribution is 2.12. The summed E-state index contributed by atoms with van der Waals surface area (Å²) >= 11 is 0. The fraction of sp³-hybridized carbons (Fsp3) is 0.529. The summed E-state index contributed by atoms with van der Waals surface area (Å²) in [4.78, 5) is 25.0. The highest BCUT2D eigenvalue weighted by Gasteiger charge is 2.10. The van der Waals surface area contributed by atoms with Gasteiger partial charge in [0.15, 0.2) is 0 Å². The summed E-state index contributed by atoms with van der Waals surface area (Å²) in [6, 6.07) is 1.65. The van der Waals surface area contributed by atoms with Crippen molar-refractivity contribution in [1.82, 2.24) is 24.8 Å². The molecule has 0 radical (unpaired) electrons. The quantitative estimate of drug-likeness (QED) is 0.797. The summed E-state index contributed by atoms with van der Waals surface area (Å²) in [5.41, 5.74) is 0.425. The van der Waals surface area contributed by atoms with E-state index >= 15 is 0 Å². The van der Waals surface area contributed by atoms with Crippen LogP contribution < -0.4 is 5.32 Å². The van der Waals surface area contributed by atoms with E-state index in [9.17, 15) is 4.79 Å². The van der Waals surface area contributed by atoms with Crippen molar-refractivity contribution >= 4 is 5.91 Å². The molecule has 2 heterocycles. The van der Waals surface area contributed by atoms with Crippen molar-refractivity contribution in [3.8, 4) is 0 Å². The molecule has 0 aliphatic heterocycles. The van der Waals surface area contributed by atoms with Gasteiger partial charge in [-0.3, -0.25) is 4.79 Å². The van der Waals surface area contributed by atoms with Gasteiger partial charge in [-0.05, 0) is 12.5 Å². The third kappa shape index (κ3) is 4.61. The van der Waals surface area contributed by atoms with E-state index in [1.165, 1.54) is 0 Å². The zero-order valence-corrected chi connectivity index (χ0v) is 14.3. The summed E-state index contributed by atoms with van der Waals surface area (Å²) in [5, 5.41) is 2.91. The molecule has 2 aromatic heterocycles. The molecule has 0 bridgehead atoms. The minimum Gasteiger partial charge on any atom is -0.351 e. The molecule has 0 aliphatic rings. The molecule has 0 aliphatic carbocycles. The van der Waals surface area contributed by atoms with E-state index in [2.05, 4.69) is 38.7 Å². The smallest absolute Gasteiger partial charge is 0.270 e. The lowest BCUT2D eigenvalue weighted by molar-refractivity contribution is 0.0947. The van der Waals surface area contributed by atoms with Gasteiger partial charge in [0.25, 0.3) is 5.91 Å². The van der Waals surface area contributed by atoms with E-state index in [4.69, 9.17) is 0 Å². The first-order chi connectivity index (χ1) is 11.0. The van der Waals surface area contributed by atoms with Crippen LogP contribution in [0, 0.1) is 0 Å². The van der Waals surface area contributed by atoms with Crippen molar-refractivity contribution in [3.05, 3.63) is 42.0 Å². The van der Waals surface area contributed by atoms with Crippen LogP contribution in [0.4, 0.5) is 0 Å². The van der Waals surface area contributed by atoms with E-state index in [1.54, 1.807) is 12.3 Å². The maximum absolute atomic E-state index is 12.1. The fourth-order valence-electron chi connectivity index (χ4n) is 2.33. The number of amides is 1. The van der Waals surface area contributed by atoms with E-state index in [0.717, 1.165) is 18.8 Å². The van der Waals surface area contributed by atoms with Crippen LogP contribution >= 0.6 is 0 Å². The van der Waals surface area contributed by atoms with Crippen molar-refractivity contribution in [2.45, 2.75) is 52.5 Å². The lowest BCUT2D eigenvalue weighted by Crippen LogP contribution is -2.26. The van der Waals surface area contributed by atoms with Gasteiger partial charge in [-0.25, -0.2) is 15.0 Å². The Bertz CT molecular complexity index is 648. The highest BCUT2D eigenvalue weighted by molar-refractivity contribution is 5.92. The van der Waals surface area contributed by atoms with Crippen LogP contribution in [0.3, 0.4) is 0 Å². The highest BCUT2D eigenvalue weighted by atomic mass is 16.1. The maximum atomic E-state index is 12.1. The monoisotopic (exact) mass is 315 g/mol. The van der Waals surface area contributed by atoms with Crippen LogP contribution in [-0.2, 0) is 6.54 Å². The largest absolute Gasteiger partial charge is 0.351 e. The van der Waals surface area contributed by atoms with Gasteiger partial charge in [0, 0.05) is 43.5 Å². The number of nitrogens with zero attached hydrogens (tertiary/aromatic N) is 4. The SMILES string of the molecule is CC(C)c1nccc(C(=O)NCCCn2ccnc2C(C)C)n1. The molecule has 0 saturated heterocycles. The number of carbonyl (C=O) groups excluding carboxylic acids is 1. The van der Waals surface area contributed by atoms with Gasteiger partial charge >= 0.3 is 0 Å². The van der Waals surface area contributed by atoms with E-state index in [-0.39, 0.29) is 11.8 Å². The third-order valence-electron chi connectivity index (χ3n) is 3.55. The first-order valence-electron chi connectivity index (χ1n) is 8.11. The summed E-state index contributed by atoms with van der Waals surface area (Å²) in [6.07, 6.45) is 6.29. The lowest BCUT2D eigenvalue weighted by Gasteiger charge is -2.11. The van der Waals surface area contributed by atoms with Crippen LogP contribution in [0.5, 0.6) is 0 Å². The van der Waals surface area contributed by atoms with E-state index in [0.29, 0.717) is 24.0 Å². The summed E-state index contributed by atoms with van der Waals surface area (Å²) in [5.74, 6) is 2.23. The molecule has 1 N–H and O–H groups in total. The molecular weight excluding hydrogens is 290 g/mol. The Balaban J connectivity index is 1.83. The molecule has 124 valence electrons. The van der Waals surface area contributed by atoms with Crippen LogP contribution in [0.15, 0.2) is 24.7 Å². The van der Waals surface area contributed by atoms with Gasteiger partial charge in [0.05, 0.1) is 0 Å². The Kier molecular flexibility index (Phi) is 5.84. The molecule has 6 heteroatoms. The van der Waals surface area contributed by atoms with Crippen molar-refractivity contribution in [2.24, 2.45) is 0 Å². The second kappa shape index (κ2) is 7.85. The van der Waals surface area contributed by atoms with Crippen molar-refractivity contribution in [2.75, 3.05) is 6.54 Å². The molecule has 6 nitrogen and oxygen atoms in total. The van der Waals surface area contributed by atoms with Gasteiger partial charge in [-0.2, -0.15) is 0 Å². The van der Waals surface area contributed by atoms with Crippen molar-refractivity contribution in [1.29, 1.82) is 0 Å². The lowest BCUT2D eigenvalue weighted by atomic mass is 10.2. The number of aromatic nitrogens is 4. The number of aryl methyl sites for hydroxylation is 1. The topological polar surface area (TPSA) is 72.7 Å². The Morgan fingerprint density at radius 2 is 1.96 bits per heavy atom.